The molecular weight excluding hydrogens is 218 g/mol. The number of nitrogen functional groups attached to an aromatic ring is 1. The van der Waals surface area contributed by atoms with Crippen LogP contribution in [0.1, 0.15) is 16.7 Å². The number of urea groups is 1. The maximum atomic E-state index is 11.4. The van der Waals surface area contributed by atoms with Gasteiger partial charge in [-0.25, -0.2) is 4.79 Å². The molecule has 1 fully saturated rings. The molecule has 90 valence electrons. The molecule has 1 aromatic carbocycles. The minimum Gasteiger partial charge on any atom is -0.398 e. The molecule has 0 aliphatic carbocycles. The molecule has 4 N–H and O–H groups in total. The van der Waals surface area contributed by atoms with Crippen LogP contribution in [0.3, 0.4) is 0 Å². The van der Waals surface area contributed by atoms with E-state index >= 15 is 0 Å². The third-order valence-corrected chi connectivity index (χ3v) is 2.90. The first-order valence-corrected chi connectivity index (χ1v) is 5.44. The zero-order chi connectivity index (χ0) is 12.6. The number of nitrogens with two attached hydrogens (primary N) is 1. The third kappa shape index (κ3) is 2.22. The van der Waals surface area contributed by atoms with Crippen LogP contribution in [0.15, 0.2) is 12.1 Å². The number of benzene rings is 1. The van der Waals surface area contributed by atoms with E-state index in [4.69, 9.17) is 5.73 Å². The second-order valence-corrected chi connectivity index (χ2v) is 4.37. The summed E-state index contributed by atoms with van der Waals surface area (Å²) in [7, 11) is 0. The Morgan fingerprint density at radius 2 is 2.00 bits per heavy atom. The molecule has 17 heavy (non-hydrogen) atoms. The number of carbonyl (C=O) groups excluding carboxylic acids is 2. The highest BCUT2D eigenvalue weighted by Gasteiger charge is 2.29. The topological polar surface area (TPSA) is 84.2 Å². The fraction of sp³-hybridized carbons (Fsp3) is 0.333. The Labute approximate surface area is 99.4 Å². The third-order valence-electron chi connectivity index (χ3n) is 2.90. The predicted octanol–water partition coefficient (Wildman–Crippen LogP) is 0.636. The van der Waals surface area contributed by atoms with Crippen molar-refractivity contribution in [2.75, 3.05) is 5.73 Å². The normalized spacial score (nSPS) is 19.1. The lowest BCUT2D eigenvalue weighted by Gasteiger charge is -2.12. The average molecular weight is 233 g/mol. The maximum Gasteiger partial charge on any atom is 0.322 e. The van der Waals surface area contributed by atoms with Gasteiger partial charge in [-0.15, -0.1) is 0 Å². The number of anilines is 1. The molecule has 2 rings (SSSR count). The van der Waals surface area contributed by atoms with Gasteiger partial charge < -0.3 is 11.1 Å². The lowest BCUT2D eigenvalue weighted by atomic mass is 9.99. The van der Waals surface area contributed by atoms with Gasteiger partial charge in [-0.3, -0.25) is 10.1 Å². The lowest BCUT2D eigenvalue weighted by molar-refractivity contribution is -0.120. The SMILES string of the molecule is Cc1cc(C)c(N)c(CC2NC(=O)NC2=O)c1. The molecule has 1 aliphatic heterocycles. The van der Waals surface area contributed by atoms with Crippen LogP contribution in [0.5, 0.6) is 0 Å². The van der Waals surface area contributed by atoms with E-state index < -0.39 is 12.1 Å². The van der Waals surface area contributed by atoms with Gasteiger partial charge in [-0.05, 0) is 25.0 Å². The molecule has 0 saturated carbocycles. The summed E-state index contributed by atoms with van der Waals surface area (Å²) in [5.41, 5.74) is 9.63. The van der Waals surface area contributed by atoms with Gasteiger partial charge in [0, 0.05) is 12.1 Å². The second-order valence-electron chi connectivity index (χ2n) is 4.37. The predicted molar refractivity (Wildman–Crippen MR) is 64.5 cm³/mol. The number of imide groups is 1. The van der Waals surface area contributed by atoms with E-state index in [1.54, 1.807) is 0 Å². The quantitative estimate of drug-likeness (QED) is 0.517. The number of aryl methyl sites for hydroxylation is 2. The molecule has 1 heterocycles. The fourth-order valence-corrected chi connectivity index (χ4v) is 2.06. The van der Waals surface area contributed by atoms with E-state index in [0.717, 1.165) is 16.7 Å². The molecule has 3 amide bonds. The van der Waals surface area contributed by atoms with Gasteiger partial charge in [0.25, 0.3) is 5.91 Å². The lowest BCUT2D eigenvalue weighted by Crippen LogP contribution is -2.31. The zero-order valence-corrected chi connectivity index (χ0v) is 9.83. The van der Waals surface area contributed by atoms with Gasteiger partial charge in [-0.1, -0.05) is 17.7 Å². The molecule has 1 aromatic rings. The molecule has 5 nitrogen and oxygen atoms in total. The first kappa shape index (κ1) is 11.4. The molecule has 0 radical (unpaired) electrons. The Kier molecular flexibility index (Phi) is 2.75. The molecule has 1 unspecified atom stereocenters. The molecule has 1 saturated heterocycles. The molecule has 0 aromatic heterocycles. The van der Waals surface area contributed by atoms with Crippen molar-refractivity contribution in [3.05, 3.63) is 28.8 Å². The van der Waals surface area contributed by atoms with Gasteiger partial charge >= 0.3 is 6.03 Å². The van der Waals surface area contributed by atoms with Gasteiger partial charge in [0.15, 0.2) is 0 Å². The summed E-state index contributed by atoms with van der Waals surface area (Å²) in [6, 6.07) is 2.97. The number of nitrogens with one attached hydrogen (secondary N) is 2. The number of rotatable bonds is 2. The van der Waals surface area contributed by atoms with E-state index in [1.807, 2.05) is 26.0 Å². The van der Waals surface area contributed by atoms with E-state index in [9.17, 15) is 9.59 Å². The molecule has 5 heteroatoms. The molecule has 1 atom stereocenters. The highest BCUT2D eigenvalue weighted by atomic mass is 16.2. The first-order chi connectivity index (χ1) is 7.97. The van der Waals surface area contributed by atoms with Crippen LogP contribution >= 0.6 is 0 Å². The summed E-state index contributed by atoms with van der Waals surface area (Å²) in [6.07, 6.45) is 0.423. The summed E-state index contributed by atoms with van der Waals surface area (Å²) in [4.78, 5) is 22.4. The summed E-state index contributed by atoms with van der Waals surface area (Å²) < 4.78 is 0. The van der Waals surface area contributed by atoms with Gasteiger partial charge in [0.05, 0.1) is 0 Å². The summed E-state index contributed by atoms with van der Waals surface area (Å²) in [5.74, 6) is -0.298. The number of hydrogen-bond donors (Lipinski definition) is 3. The molecular formula is C12H15N3O2. The molecule has 0 bridgehead atoms. The van der Waals surface area contributed by atoms with Gasteiger partial charge in [-0.2, -0.15) is 0 Å². The van der Waals surface area contributed by atoms with Gasteiger partial charge in [0.2, 0.25) is 0 Å². The smallest absolute Gasteiger partial charge is 0.322 e. The molecule has 1 aliphatic rings. The van der Waals surface area contributed by atoms with Crippen LogP contribution in [0.2, 0.25) is 0 Å². The molecule has 0 spiro atoms. The van der Waals surface area contributed by atoms with Crippen molar-refractivity contribution in [2.24, 2.45) is 0 Å². The van der Waals surface area contributed by atoms with E-state index in [0.29, 0.717) is 12.1 Å². The van der Waals surface area contributed by atoms with Crippen LogP contribution in [-0.2, 0) is 11.2 Å². The Bertz CT molecular complexity index is 497. The maximum absolute atomic E-state index is 11.4. The standard InChI is InChI=1S/C12H15N3O2/c1-6-3-7(2)10(13)8(4-6)5-9-11(16)15-12(17)14-9/h3-4,9H,5,13H2,1-2H3,(H2,14,15,16,17). The second kappa shape index (κ2) is 4.08. The van der Waals surface area contributed by atoms with Crippen molar-refractivity contribution >= 4 is 17.6 Å². The van der Waals surface area contributed by atoms with Crippen molar-refractivity contribution in [1.82, 2.24) is 10.6 Å². The van der Waals surface area contributed by atoms with Crippen molar-refractivity contribution < 1.29 is 9.59 Å². The van der Waals surface area contributed by atoms with Crippen LogP contribution in [-0.4, -0.2) is 18.0 Å². The Morgan fingerprint density at radius 3 is 2.59 bits per heavy atom. The van der Waals surface area contributed by atoms with E-state index in [1.165, 1.54) is 0 Å². The van der Waals surface area contributed by atoms with E-state index in [2.05, 4.69) is 10.6 Å². The van der Waals surface area contributed by atoms with E-state index in [-0.39, 0.29) is 5.91 Å². The van der Waals surface area contributed by atoms with Crippen molar-refractivity contribution in [3.63, 3.8) is 0 Å². The number of amides is 3. The average Bonchev–Trinajstić information content (AvgIpc) is 2.53. The summed E-state index contributed by atoms with van der Waals surface area (Å²) >= 11 is 0. The summed E-state index contributed by atoms with van der Waals surface area (Å²) in [5, 5.41) is 4.77. The van der Waals surface area contributed by atoms with Crippen molar-refractivity contribution in [2.45, 2.75) is 26.3 Å². The van der Waals surface area contributed by atoms with Crippen molar-refractivity contribution in [3.8, 4) is 0 Å². The van der Waals surface area contributed by atoms with Crippen LogP contribution < -0.4 is 16.4 Å². The monoisotopic (exact) mass is 233 g/mol. The number of hydrogen-bond acceptors (Lipinski definition) is 3. The Hall–Kier alpha value is -2.04. The van der Waals surface area contributed by atoms with Crippen LogP contribution in [0.25, 0.3) is 0 Å². The summed E-state index contributed by atoms with van der Waals surface area (Å²) in [6.45, 7) is 3.91. The van der Waals surface area contributed by atoms with Crippen LogP contribution in [0, 0.1) is 13.8 Å². The highest BCUT2D eigenvalue weighted by molar-refractivity contribution is 6.04. The largest absolute Gasteiger partial charge is 0.398 e. The number of carbonyl (C=O) groups is 2. The fourth-order valence-electron chi connectivity index (χ4n) is 2.06. The van der Waals surface area contributed by atoms with Crippen LogP contribution in [0.4, 0.5) is 10.5 Å². The van der Waals surface area contributed by atoms with Crippen molar-refractivity contribution in [1.29, 1.82) is 0 Å². The zero-order valence-electron chi connectivity index (χ0n) is 9.83. The highest BCUT2D eigenvalue weighted by Crippen LogP contribution is 2.21. The minimum atomic E-state index is -0.522. The first-order valence-electron chi connectivity index (χ1n) is 5.44. The Morgan fingerprint density at radius 1 is 1.29 bits per heavy atom. The van der Waals surface area contributed by atoms with Gasteiger partial charge in [0.1, 0.15) is 6.04 Å². The Balaban J connectivity index is 2.24. The minimum absolute atomic E-state index is 0.298.